The van der Waals surface area contributed by atoms with E-state index in [1.807, 2.05) is 12.1 Å². The molecular formula is C27H26N2O3. The van der Waals surface area contributed by atoms with E-state index in [9.17, 15) is 5.11 Å². The molecule has 6 rings (SSSR count). The molecular weight excluding hydrogens is 400 g/mol. The van der Waals surface area contributed by atoms with Gasteiger partial charge in [0.1, 0.15) is 12.4 Å². The number of ether oxygens (including phenoxy) is 2. The molecule has 0 amide bonds. The Balaban J connectivity index is 1.32. The van der Waals surface area contributed by atoms with Crippen LogP contribution in [-0.2, 0) is 26.0 Å². The van der Waals surface area contributed by atoms with Crippen LogP contribution in [-0.4, -0.2) is 28.6 Å². The third-order valence-corrected chi connectivity index (χ3v) is 6.88. The number of phenolic OH excluding ortho intramolecular Hbond substituents is 1. The van der Waals surface area contributed by atoms with E-state index in [0.717, 1.165) is 43.0 Å². The first kappa shape index (κ1) is 19.3. The van der Waals surface area contributed by atoms with Crippen molar-refractivity contribution in [2.45, 2.75) is 32.0 Å². The number of nitrogens with one attached hydrogen (secondary N) is 1. The van der Waals surface area contributed by atoms with Gasteiger partial charge in [-0.25, -0.2) is 0 Å². The molecule has 1 atom stereocenters. The predicted octanol–water partition coefficient (Wildman–Crippen LogP) is 5.12. The van der Waals surface area contributed by atoms with E-state index >= 15 is 0 Å². The number of para-hydroxylation sites is 1. The van der Waals surface area contributed by atoms with Crippen LogP contribution in [0.4, 0.5) is 0 Å². The van der Waals surface area contributed by atoms with Crippen molar-refractivity contribution in [1.29, 1.82) is 0 Å². The van der Waals surface area contributed by atoms with Crippen LogP contribution >= 0.6 is 0 Å². The average molecular weight is 427 g/mol. The van der Waals surface area contributed by atoms with Gasteiger partial charge in [0.15, 0.2) is 11.5 Å². The third kappa shape index (κ3) is 3.21. The lowest BCUT2D eigenvalue weighted by atomic mass is 9.85. The number of hydrogen-bond acceptors (Lipinski definition) is 4. The maximum Gasteiger partial charge on any atom is 0.161 e. The number of H-pyrrole nitrogens is 1. The Labute approximate surface area is 187 Å². The maximum atomic E-state index is 9.49. The Morgan fingerprint density at radius 3 is 2.75 bits per heavy atom. The number of nitrogens with zero attached hydrogens (tertiary/aromatic N) is 1. The van der Waals surface area contributed by atoms with Gasteiger partial charge >= 0.3 is 0 Å². The molecule has 0 radical (unpaired) electrons. The number of benzene rings is 3. The van der Waals surface area contributed by atoms with Gasteiger partial charge in [0.25, 0.3) is 0 Å². The first-order valence-electron chi connectivity index (χ1n) is 11.1. The van der Waals surface area contributed by atoms with E-state index in [1.54, 1.807) is 19.2 Å². The number of aromatic nitrogens is 1. The van der Waals surface area contributed by atoms with E-state index in [2.05, 4.69) is 46.3 Å². The summed E-state index contributed by atoms with van der Waals surface area (Å²) in [4.78, 5) is 6.22. The summed E-state index contributed by atoms with van der Waals surface area (Å²) in [6.07, 6.45) is 2.00. The topological polar surface area (TPSA) is 57.7 Å². The van der Waals surface area contributed by atoms with Crippen molar-refractivity contribution in [1.82, 2.24) is 9.88 Å². The number of fused-ring (bicyclic) bond motifs is 6. The SMILES string of the molecule is COc1cc2c(cc1OCc1ccc(O)cc1)CCN1Cc3[nH]c4ccccc4c3CC21. The zero-order valence-corrected chi connectivity index (χ0v) is 18.1. The molecule has 2 N–H and O–H groups in total. The fourth-order valence-corrected chi connectivity index (χ4v) is 5.24. The normalized spacial score (nSPS) is 17.5. The minimum Gasteiger partial charge on any atom is -0.508 e. The summed E-state index contributed by atoms with van der Waals surface area (Å²) in [5, 5.41) is 10.8. The van der Waals surface area contributed by atoms with Crippen molar-refractivity contribution < 1.29 is 14.6 Å². The fraction of sp³-hybridized carbons (Fsp3) is 0.259. The number of methoxy groups -OCH3 is 1. The lowest BCUT2D eigenvalue weighted by molar-refractivity contribution is 0.158. The summed E-state index contributed by atoms with van der Waals surface area (Å²) in [6, 6.07) is 20.4. The first-order valence-corrected chi connectivity index (χ1v) is 11.1. The molecule has 0 bridgehead atoms. The van der Waals surface area contributed by atoms with E-state index < -0.39 is 0 Å². The van der Waals surface area contributed by atoms with Gasteiger partial charge in [-0.05, 0) is 65.4 Å². The zero-order valence-electron chi connectivity index (χ0n) is 18.1. The molecule has 0 fully saturated rings. The molecule has 4 aromatic rings. The lowest BCUT2D eigenvalue weighted by Crippen LogP contribution is -2.39. The van der Waals surface area contributed by atoms with Gasteiger partial charge in [-0.15, -0.1) is 0 Å². The number of aromatic amines is 1. The molecule has 0 saturated heterocycles. The summed E-state index contributed by atoms with van der Waals surface area (Å²) in [7, 11) is 1.70. The highest BCUT2D eigenvalue weighted by atomic mass is 16.5. The minimum absolute atomic E-state index is 0.260. The Morgan fingerprint density at radius 2 is 1.91 bits per heavy atom. The van der Waals surface area contributed by atoms with Crippen LogP contribution in [0.2, 0.25) is 0 Å². The van der Waals surface area contributed by atoms with Crippen LogP contribution in [0, 0.1) is 0 Å². The number of phenols is 1. The summed E-state index contributed by atoms with van der Waals surface area (Å²) in [5.41, 5.74) is 7.73. The van der Waals surface area contributed by atoms with Gasteiger partial charge in [0.05, 0.1) is 7.11 Å². The zero-order chi connectivity index (χ0) is 21.7. The van der Waals surface area contributed by atoms with Crippen molar-refractivity contribution in [3.63, 3.8) is 0 Å². The molecule has 0 spiro atoms. The number of rotatable bonds is 4. The molecule has 2 aliphatic heterocycles. The van der Waals surface area contributed by atoms with Crippen molar-refractivity contribution in [2.24, 2.45) is 0 Å². The molecule has 0 saturated carbocycles. The second kappa shape index (κ2) is 7.61. The maximum absolute atomic E-state index is 9.49. The smallest absolute Gasteiger partial charge is 0.161 e. The van der Waals surface area contributed by atoms with Crippen molar-refractivity contribution in [3.8, 4) is 17.2 Å². The summed E-state index contributed by atoms with van der Waals surface area (Å²) >= 11 is 0. The summed E-state index contributed by atoms with van der Waals surface area (Å²) < 4.78 is 11.9. The quantitative estimate of drug-likeness (QED) is 0.476. The molecule has 1 unspecified atom stereocenters. The van der Waals surface area contributed by atoms with Gasteiger partial charge in [0, 0.05) is 35.7 Å². The van der Waals surface area contributed by atoms with Crippen molar-refractivity contribution >= 4 is 10.9 Å². The first-order chi connectivity index (χ1) is 15.7. The second-order valence-corrected chi connectivity index (χ2v) is 8.73. The highest BCUT2D eigenvalue weighted by molar-refractivity contribution is 5.85. The molecule has 32 heavy (non-hydrogen) atoms. The summed E-state index contributed by atoms with van der Waals surface area (Å²) in [5.74, 6) is 1.81. The van der Waals surface area contributed by atoms with Crippen LogP contribution < -0.4 is 9.47 Å². The number of hydrogen-bond donors (Lipinski definition) is 2. The predicted molar refractivity (Wildman–Crippen MR) is 124 cm³/mol. The third-order valence-electron chi connectivity index (χ3n) is 6.88. The van der Waals surface area contributed by atoms with Crippen LogP contribution in [0.3, 0.4) is 0 Å². The highest BCUT2D eigenvalue weighted by Gasteiger charge is 2.34. The van der Waals surface area contributed by atoms with Gasteiger partial charge < -0.3 is 19.6 Å². The van der Waals surface area contributed by atoms with Crippen LogP contribution in [0.15, 0.2) is 60.7 Å². The van der Waals surface area contributed by atoms with Crippen molar-refractivity contribution in [3.05, 3.63) is 88.6 Å². The lowest BCUT2D eigenvalue weighted by Gasteiger charge is -2.40. The standard InChI is InChI=1S/C27H26N2O3/c1-31-26-14-21-18(12-27(26)32-16-17-6-8-19(30)9-7-17)10-11-29-15-24-22(13-25(21)29)20-4-2-3-5-23(20)28-24/h2-9,12,14,25,28,30H,10-11,13,15-16H2,1H3. The van der Waals surface area contributed by atoms with Crippen LogP contribution in [0.5, 0.6) is 17.2 Å². The van der Waals surface area contributed by atoms with Gasteiger partial charge in [0.2, 0.25) is 0 Å². The van der Waals surface area contributed by atoms with E-state index in [-0.39, 0.29) is 5.75 Å². The Morgan fingerprint density at radius 1 is 1.06 bits per heavy atom. The molecule has 5 nitrogen and oxygen atoms in total. The molecule has 0 aliphatic carbocycles. The molecule has 162 valence electrons. The molecule has 5 heteroatoms. The van der Waals surface area contributed by atoms with Crippen molar-refractivity contribution in [2.75, 3.05) is 13.7 Å². The van der Waals surface area contributed by atoms with Gasteiger partial charge in [-0.1, -0.05) is 30.3 Å². The Kier molecular flexibility index (Phi) is 4.58. The minimum atomic E-state index is 0.260. The number of aromatic hydroxyl groups is 1. The molecule has 1 aromatic heterocycles. The largest absolute Gasteiger partial charge is 0.508 e. The summed E-state index contributed by atoms with van der Waals surface area (Å²) in [6.45, 7) is 2.43. The highest BCUT2D eigenvalue weighted by Crippen LogP contribution is 2.43. The second-order valence-electron chi connectivity index (χ2n) is 8.73. The monoisotopic (exact) mass is 426 g/mol. The fourth-order valence-electron chi connectivity index (χ4n) is 5.24. The Hall–Kier alpha value is -3.44. The molecule has 3 aromatic carbocycles. The van der Waals surface area contributed by atoms with Crippen LogP contribution in [0.25, 0.3) is 10.9 Å². The molecule has 3 heterocycles. The van der Waals surface area contributed by atoms with Crippen LogP contribution in [0.1, 0.15) is 34.0 Å². The van der Waals surface area contributed by atoms with E-state index in [4.69, 9.17) is 9.47 Å². The Bertz CT molecular complexity index is 1290. The molecule has 2 aliphatic rings. The van der Waals surface area contributed by atoms with E-state index in [0.29, 0.717) is 12.6 Å². The average Bonchev–Trinajstić information content (AvgIpc) is 3.19. The van der Waals surface area contributed by atoms with Gasteiger partial charge in [-0.3, -0.25) is 4.90 Å². The van der Waals surface area contributed by atoms with E-state index in [1.165, 1.54) is 33.3 Å². The van der Waals surface area contributed by atoms with Gasteiger partial charge in [-0.2, -0.15) is 0 Å².